The second-order valence-electron chi connectivity index (χ2n) is 27.7. The van der Waals surface area contributed by atoms with Gasteiger partial charge in [0.05, 0.1) is 39.1 Å². The van der Waals surface area contributed by atoms with Crippen LogP contribution in [0, 0.1) is 34.0 Å². The molecule has 1 aliphatic heterocycles. The number of carboxylic acid groups (broad SMARTS) is 3. The first-order chi connectivity index (χ1) is 53.8. The van der Waals surface area contributed by atoms with E-state index in [0.717, 1.165) is 6.92 Å². The first-order valence-corrected chi connectivity index (χ1v) is 37.1. The highest BCUT2D eigenvalue weighted by Crippen LogP contribution is 2.21. The first kappa shape index (κ1) is 101. The summed E-state index contributed by atoms with van der Waals surface area (Å²) in [6.07, 6.45) is -1.75. The van der Waals surface area contributed by atoms with Crippen molar-refractivity contribution in [2.75, 3.05) is 58.9 Å². The monoisotopic (exact) mass is 1640 g/mol. The minimum absolute atomic E-state index is 0.000336. The molecule has 32 N–H and O–H groups in total. The molecule has 115 heavy (non-hydrogen) atoms. The molecule has 0 aromatic rings. The highest BCUT2D eigenvalue weighted by Gasteiger charge is 2.41. The third-order valence-electron chi connectivity index (χ3n) is 17.5. The van der Waals surface area contributed by atoms with Crippen LogP contribution in [0.3, 0.4) is 0 Å². The van der Waals surface area contributed by atoms with Crippen molar-refractivity contribution >= 4 is 130 Å². The van der Waals surface area contributed by atoms with E-state index in [4.69, 9.17) is 44.3 Å². The molecule has 1 aliphatic rings. The molecule has 0 aliphatic carbocycles. The Hall–Kier alpha value is -12.3. The van der Waals surface area contributed by atoms with Crippen molar-refractivity contribution in [3.8, 4) is 0 Å². The smallest absolute Gasteiger partial charge is 0.326 e. The van der Waals surface area contributed by atoms with Gasteiger partial charge in [0.1, 0.15) is 72.5 Å². The van der Waals surface area contributed by atoms with Crippen molar-refractivity contribution in [2.45, 2.75) is 212 Å². The van der Waals surface area contributed by atoms with E-state index in [-0.39, 0.29) is 84.0 Å². The summed E-state index contributed by atoms with van der Waals surface area (Å²) in [6, 6.07) is -17.6. The molecule has 0 unspecified atom stereocenters. The van der Waals surface area contributed by atoms with Crippen LogP contribution in [-0.2, 0) is 91.1 Å². The zero-order valence-corrected chi connectivity index (χ0v) is 65.9. The minimum Gasteiger partial charge on any atom is -0.481 e. The molecule has 16 amide bonds. The second-order valence-corrected chi connectivity index (χ2v) is 27.7. The topological polar surface area (TPSA) is 780 Å². The zero-order valence-electron chi connectivity index (χ0n) is 65.9. The Morgan fingerprint density at radius 2 is 0.757 bits per heavy atom. The Kier molecular flexibility index (Phi) is 45.6. The minimum atomic E-state index is -1.98. The summed E-state index contributed by atoms with van der Waals surface area (Å²) in [5.41, 5.74) is 21.6. The van der Waals surface area contributed by atoms with Crippen LogP contribution >= 0.6 is 0 Å². The fraction of sp³-hybridized carbons (Fsp3) is 0.672. The quantitative estimate of drug-likeness (QED) is 0.0153. The van der Waals surface area contributed by atoms with Crippen molar-refractivity contribution in [3.05, 3.63) is 0 Å². The Morgan fingerprint density at radius 1 is 0.391 bits per heavy atom. The van der Waals surface area contributed by atoms with Crippen LogP contribution in [0.5, 0.6) is 0 Å². The molecule has 48 nitrogen and oxygen atoms in total. The maximum absolute atomic E-state index is 14.5. The molecule has 0 aromatic heterocycles. The van der Waals surface area contributed by atoms with Gasteiger partial charge in [-0.3, -0.25) is 103 Å². The molecule has 1 fully saturated rings. The molecule has 1 rings (SSSR count). The van der Waals surface area contributed by atoms with Crippen LogP contribution in [0.1, 0.15) is 139 Å². The Morgan fingerprint density at radius 3 is 1.17 bits per heavy atom. The summed E-state index contributed by atoms with van der Waals surface area (Å²) in [5.74, 6) is -22.4. The summed E-state index contributed by atoms with van der Waals surface area (Å²) >= 11 is 0. The van der Waals surface area contributed by atoms with Gasteiger partial charge in [-0.05, 0) is 96.3 Å². The van der Waals surface area contributed by atoms with Gasteiger partial charge < -0.3 is 139 Å². The van der Waals surface area contributed by atoms with Crippen LogP contribution < -0.4 is 119 Å². The first-order valence-electron chi connectivity index (χ1n) is 37.1. The Labute approximate surface area is 662 Å². The van der Waals surface area contributed by atoms with E-state index in [1.807, 2.05) is 0 Å². The van der Waals surface area contributed by atoms with Gasteiger partial charge in [0.25, 0.3) is 0 Å². The molecule has 0 spiro atoms. The highest BCUT2D eigenvalue weighted by molar-refractivity contribution is 6.01. The largest absolute Gasteiger partial charge is 0.481 e. The lowest BCUT2D eigenvalue weighted by molar-refractivity contribution is -0.150. The standard InChI is InChI=1S/C67H116N26O22/c1-10-33(6)52(90-47(98)30-80-45(96)28-78-44(95)27-79-46(97)29-81-56(106)40(19-20-48(99)100)85-43(94)26-68)62(112)91-50(31(2)3)61(111)88-39(17-13-23-77-67(73)74)59(109)86-37(15-11-21-75-65(69)70)57(107)84-35(8)54(104)89-41(25-49(101)102)60(110)87-38(16-12-22-76-66(71)72)58(108)83-34(7)53(103)82-36(9)55(105)92-51(32(4)5)63(113)93-24-14-18-42(93)64(114)115/h31-42,50-52H,10-30,68H2,1-9H3,(H,78,95)(H,79,97)(H,80,96)(H,81,106)(H,82,103)(H,83,108)(H,84,107)(H,85,94)(H,86,109)(H,87,110)(H,88,111)(H,89,104)(H,90,98)(H,91,112)(H,92,105)(H,99,100)(H,101,102)(H,114,115)(H4,69,70,75)(H4,71,72,76)(H4,73,74,77)/t33-,34-,35-,36-,37-,38-,39-,40-,41-,42-,50-,51-,52-/m0/s1. The molecule has 13 atom stereocenters. The number of nitrogens with one attached hydrogen (secondary N) is 21. The summed E-state index contributed by atoms with van der Waals surface area (Å²) in [4.78, 5) is 251. The van der Waals surface area contributed by atoms with Gasteiger partial charge in [-0.1, -0.05) is 48.0 Å². The van der Waals surface area contributed by atoms with E-state index in [1.165, 1.54) is 18.7 Å². The molecular formula is C67H116N26O22. The second kappa shape index (κ2) is 52.1. The number of rotatable bonds is 53. The van der Waals surface area contributed by atoms with Crippen molar-refractivity contribution in [3.63, 3.8) is 0 Å². The number of nitrogens with two attached hydrogens (primary N) is 4. The number of hydrogen-bond acceptors (Lipinski definition) is 23. The van der Waals surface area contributed by atoms with Crippen molar-refractivity contribution in [2.24, 2.45) is 40.7 Å². The number of aliphatic carboxylic acids is 3. The molecular weight excluding hydrogens is 1520 g/mol. The van der Waals surface area contributed by atoms with Gasteiger partial charge >= 0.3 is 17.9 Å². The lowest BCUT2D eigenvalue weighted by Gasteiger charge is -2.30. The molecule has 646 valence electrons. The van der Waals surface area contributed by atoms with E-state index < -0.39 is 266 Å². The van der Waals surface area contributed by atoms with Gasteiger partial charge in [0, 0.05) is 32.6 Å². The average Bonchev–Trinajstić information content (AvgIpc) is 1.78. The Bertz CT molecular complexity index is 3470. The zero-order chi connectivity index (χ0) is 87.5. The number of nitrogens with zero attached hydrogens (tertiary/aromatic N) is 1. The van der Waals surface area contributed by atoms with E-state index in [0.29, 0.717) is 6.42 Å². The summed E-state index contributed by atoms with van der Waals surface area (Å²) in [7, 11) is 0. The lowest BCUT2D eigenvalue weighted by atomic mass is 9.96. The molecule has 48 heteroatoms. The van der Waals surface area contributed by atoms with Crippen molar-refractivity contribution < 1.29 is 106 Å². The fourth-order valence-corrected chi connectivity index (χ4v) is 10.8. The normalized spacial score (nSPS) is 15.3. The predicted octanol–water partition coefficient (Wildman–Crippen LogP) is -10.6. The predicted molar refractivity (Wildman–Crippen MR) is 407 cm³/mol. The van der Waals surface area contributed by atoms with E-state index in [2.05, 4.69) is 95.7 Å². The van der Waals surface area contributed by atoms with Gasteiger partial charge in [0.15, 0.2) is 17.9 Å². The van der Waals surface area contributed by atoms with E-state index in [9.17, 15) is 101 Å². The van der Waals surface area contributed by atoms with Crippen LogP contribution in [0.15, 0.2) is 0 Å². The average molecular weight is 1640 g/mol. The number of carbonyl (C=O) groups excluding carboxylic acids is 16. The highest BCUT2D eigenvalue weighted by atomic mass is 16.4. The Balaban J connectivity index is 3.36. The summed E-state index contributed by atoms with van der Waals surface area (Å²) in [6.45, 7) is 9.96. The van der Waals surface area contributed by atoms with Gasteiger partial charge in [-0.25, -0.2) is 4.79 Å². The van der Waals surface area contributed by atoms with Crippen LogP contribution in [0.2, 0.25) is 0 Å². The SMILES string of the molecule is CC[C@H](C)[C@H](NC(=O)CNC(=O)CNC(=O)CNC(=O)CNC(=O)[C@H](CCC(=O)O)NC(=O)CN)C(=O)N[C@H](C(=O)N[C@@H](CCCNC(=N)N)C(=O)N[C@@H](CCCNC(=N)N)C(=O)N[C@@H](C)C(=O)N[C@@H](CC(=O)O)C(=O)N[C@@H](CCCNC(=N)N)C(=O)N[C@@H](C)C(=O)N[C@@H](C)C(=O)N[C@H](C(=O)N1CCC[C@H]1C(=O)O)C(C)C)C(C)C. The molecule has 0 bridgehead atoms. The van der Waals surface area contributed by atoms with Crippen LogP contribution in [-0.4, -0.2) is 282 Å². The van der Waals surface area contributed by atoms with Crippen LogP contribution in [0.4, 0.5) is 0 Å². The molecule has 0 aromatic carbocycles. The van der Waals surface area contributed by atoms with Gasteiger partial charge in [0.2, 0.25) is 94.5 Å². The third kappa shape index (κ3) is 39.6. The van der Waals surface area contributed by atoms with Crippen molar-refractivity contribution in [1.82, 2.24) is 101 Å². The number of likely N-dealkylation sites (tertiary alicyclic amines) is 1. The molecule has 1 saturated heterocycles. The number of amides is 16. The fourth-order valence-electron chi connectivity index (χ4n) is 10.8. The third-order valence-corrected chi connectivity index (χ3v) is 17.5. The van der Waals surface area contributed by atoms with Gasteiger partial charge in [-0.15, -0.1) is 0 Å². The maximum Gasteiger partial charge on any atom is 0.326 e. The van der Waals surface area contributed by atoms with Crippen LogP contribution in [0.25, 0.3) is 0 Å². The molecule has 1 heterocycles. The van der Waals surface area contributed by atoms with Crippen molar-refractivity contribution in [1.29, 1.82) is 16.2 Å². The van der Waals surface area contributed by atoms with E-state index >= 15 is 0 Å². The number of carboxylic acids is 3. The number of guanidine groups is 3. The number of hydrogen-bond donors (Lipinski definition) is 28. The molecule has 0 saturated carbocycles. The maximum atomic E-state index is 14.5. The van der Waals surface area contributed by atoms with E-state index in [1.54, 1.807) is 41.5 Å². The number of carbonyl (C=O) groups is 19. The van der Waals surface area contributed by atoms with Gasteiger partial charge in [-0.2, -0.15) is 0 Å². The summed E-state index contributed by atoms with van der Waals surface area (Å²) < 4.78 is 0. The molecule has 0 radical (unpaired) electrons. The lowest BCUT2D eigenvalue weighted by Crippen LogP contribution is -2.61. The summed E-state index contributed by atoms with van der Waals surface area (Å²) in [5, 5.41) is 94.5.